The quantitative estimate of drug-likeness (QED) is 0.679. The van der Waals surface area contributed by atoms with Gasteiger partial charge in [-0.1, -0.05) is 6.58 Å². The van der Waals surface area contributed by atoms with Crippen molar-refractivity contribution in [1.82, 2.24) is 10.2 Å². The van der Waals surface area contributed by atoms with Gasteiger partial charge in [-0.05, 0) is 46.7 Å². The molecule has 1 amide bonds. The molecule has 0 radical (unpaired) electrons. The van der Waals surface area contributed by atoms with Gasteiger partial charge >= 0.3 is 0 Å². The van der Waals surface area contributed by atoms with E-state index >= 15 is 0 Å². The number of nitrogens with zero attached hydrogens (tertiary/aromatic N) is 1. The van der Waals surface area contributed by atoms with Crippen LogP contribution in [0.15, 0.2) is 12.3 Å². The number of carbonyl (C=O) groups excluding carboxylic acids is 1. The Balaban J connectivity index is 2.05. The Morgan fingerprint density at radius 2 is 1.88 bits per heavy atom. The Hall–Kier alpha value is -0.830. The van der Waals surface area contributed by atoms with E-state index in [1.807, 2.05) is 0 Å². The van der Waals surface area contributed by atoms with Gasteiger partial charge in [-0.2, -0.15) is 0 Å². The van der Waals surface area contributed by atoms with Crippen molar-refractivity contribution in [3.8, 4) is 0 Å². The normalized spacial score (nSPS) is 26.2. The van der Waals surface area contributed by atoms with Crippen molar-refractivity contribution in [3.05, 3.63) is 12.3 Å². The van der Waals surface area contributed by atoms with E-state index in [2.05, 4.69) is 37.6 Å². The number of hydrogen-bond acceptors (Lipinski definition) is 2. The van der Waals surface area contributed by atoms with E-state index in [4.69, 9.17) is 0 Å². The van der Waals surface area contributed by atoms with Gasteiger partial charge in [0.1, 0.15) is 0 Å². The number of likely N-dealkylation sites (tertiary alicyclic amines) is 1. The first-order valence-corrected chi connectivity index (χ1v) is 6.08. The van der Waals surface area contributed by atoms with E-state index in [0.29, 0.717) is 0 Å². The van der Waals surface area contributed by atoms with Crippen molar-refractivity contribution >= 4 is 5.91 Å². The molecule has 2 saturated heterocycles. The molecule has 0 aliphatic carbocycles. The molecule has 1 spiro atoms. The Bertz CT molecular complexity index is 319. The van der Waals surface area contributed by atoms with E-state index < -0.39 is 0 Å². The third-order valence-corrected chi connectivity index (χ3v) is 3.99. The second-order valence-corrected chi connectivity index (χ2v) is 6.17. The van der Waals surface area contributed by atoms with Crippen LogP contribution in [0.5, 0.6) is 0 Å². The average Bonchev–Trinajstić information content (AvgIpc) is 2.41. The molecule has 0 aromatic heterocycles. The maximum absolute atomic E-state index is 11.9. The van der Waals surface area contributed by atoms with Crippen molar-refractivity contribution in [2.45, 2.75) is 45.6 Å². The third kappa shape index (κ3) is 1.88. The van der Waals surface area contributed by atoms with Crippen LogP contribution in [0.4, 0.5) is 0 Å². The van der Waals surface area contributed by atoms with E-state index in [9.17, 15) is 4.79 Å². The molecule has 16 heavy (non-hydrogen) atoms. The Labute approximate surface area is 97.9 Å². The van der Waals surface area contributed by atoms with Crippen LogP contribution >= 0.6 is 0 Å². The minimum atomic E-state index is -0.140. The van der Waals surface area contributed by atoms with Crippen molar-refractivity contribution in [3.63, 3.8) is 0 Å². The zero-order valence-corrected chi connectivity index (χ0v) is 10.6. The van der Waals surface area contributed by atoms with Crippen LogP contribution in [0.25, 0.3) is 0 Å². The summed E-state index contributed by atoms with van der Waals surface area (Å²) in [5.41, 5.74) is 0.973. The highest BCUT2D eigenvalue weighted by atomic mass is 16.2. The minimum absolute atomic E-state index is 0.140. The highest BCUT2D eigenvalue weighted by Crippen LogP contribution is 2.42. The third-order valence-electron chi connectivity index (χ3n) is 3.99. The maximum Gasteiger partial charge on any atom is 0.230 e. The lowest BCUT2D eigenvalue weighted by Crippen LogP contribution is -2.50. The number of rotatable bonds is 0. The Morgan fingerprint density at radius 3 is 2.25 bits per heavy atom. The Morgan fingerprint density at radius 1 is 1.31 bits per heavy atom. The van der Waals surface area contributed by atoms with Crippen molar-refractivity contribution < 1.29 is 4.79 Å². The summed E-state index contributed by atoms with van der Waals surface area (Å²) in [7, 11) is 0. The molecule has 0 aromatic rings. The van der Waals surface area contributed by atoms with Gasteiger partial charge in [0.2, 0.25) is 5.91 Å². The Kier molecular flexibility index (Phi) is 2.61. The topological polar surface area (TPSA) is 32.3 Å². The summed E-state index contributed by atoms with van der Waals surface area (Å²) in [5.74, 6) is 0.200. The van der Waals surface area contributed by atoms with Gasteiger partial charge in [-0.15, -0.1) is 0 Å². The first kappa shape index (κ1) is 11.6. The van der Waals surface area contributed by atoms with Crippen LogP contribution in [-0.4, -0.2) is 29.4 Å². The summed E-state index contributed by atoms with van der Waals surface area (Å²) in [6.45, 7) is 12.6. The molecule has 90 valence electrons. The molecule has 0 unspecified atom stereocenters. The van der Waals surface area contributed by atoms with Crippen molar-refractivity contribution in [2.75, 3.05) is 13.1 Å². The number of allylic oxidation sites excluding steroid dienone is 1. The first-order chi connectivity index (χ1) is 7.33. The van der Waals surface area contributed by atoms with Crippen LogP contribution in [0.1, 0.15) is 40.0 Å². The predicted octanol–water partition coefficient (Wildman–Crippen LogP) is 1.90. The second-order valence-electron chi connectivity index (χ2n) is 6.17. The second kappa shape index (κ2) is 3.59. The molecule has 0 bridgehead atoms. The summed E-state index contributed by atoms with van der Waals surface area (Å²) in [5, 5.41) is 2.88. The van der Waals surface area contributed by atoms with Gasteiger partial charge < -0.3 is 5.32 Å². The zero-order valence-electron chi connectivity index (χ0n) is 10.6. The summed E-state index contributed by atoms with van der Waals surface area (Å²) in [6, 6.07) is 0. The molecular formula is C13H22N2O. The molecule has 3 nitrogen and oxygen atoms in total. The molecule has 2 fully saturated rings. The van der Waals surface area contributed by atoms with E-state index in [-0.39, 0.29) is 16.9 Å². The summed E-state index contributed by atoms with van der Waals surface area (Å²) >= 11 is 0. The molecule has 2 heterocycles. The molecular weight excluding hydrogens is 200 g/mol. The van der Waals surface area contributed by atoms with E-state index in [0.717, 1.165) is 38.0 Å². The van der Waals surface area contributed by atoms with Crippen LogP contribution in [0, 0.1) is 5.41 Å². The first-order valence-electron chi connectivity index (χ1n) is 6.08. The van der Waals surface area contributed by atoms with Gasteiger partial charge in [0.25, 0.3) is 0 Å². The average molecular weight is 222 g/mol. The predicted molar refractivity (Wildman–Crippen MR) is 64.9 cm³/mol. The van der Waals surface area contributed by atoms with Gasteiger partial charge in [0, 0.05) is 17.7 Å². The van der Waals surface area contributed by atoms with Crippen LogP contribution < -0.4 is 5.32 Å². The molecule has 1 N–H and O–H groups in total. The van der Waals surface area contributed by atoms with Crippen LogP contribution in [-0.2, 0) is 4.79 Å². The lowest BCUT2D eigenvalue weighted by atomic mass is 9.76. The maximum atomic E-state index is 11.9. The summed E-state index contributed by atoms with van der Waals surface area (Å²) in [4.78, 5) is 14.4. The number of carbonyl (C=O) groups is 1. The molecule has 2 aliphatic heterocycles. The fraction of sp³-hybridized carbons (Fsp3) is 0.769. The largest absolute Gasteiger partial charge is 0.330 e. The molecule has 0 saturated carbocycles. The van der Waals surface area contributed by atoms with E-state index in [1.165, 1.54) is 0 Å². The molecule has 3 heteroatoms. The highest BCUT2D eigenvalue weighted by Gasteiger charge is 2.46. The molecule has 0 aromatic carbocycles. The smallest absolute Gasteiger partial charge is 0.230 e. The highest BCUT2D eigenvalue weighted by molar-refractivity contribution is 5.87. The number of nitrogens with one attached hydrogen (secondary N) is 1. The fourth-order valence-corrected chi connectivity index (χ4v) is 2.84. The molecule has 2 aliphatic rings. The van der Waals surface area contributed by atoms with E-state index in [1.54, 1.807) is 0 Å². The van der Waals surface area contributed by atoms with Gasteiger partial charge in [0.15, 0.2) is 0 Å². The van der Waals surface area contributed by atoms with Gasteiger partial charge in [-0.3, -0.25) is 9.69 Å². The van der Waals surface area contributed by atoms with Crippen LogP contribution in [0.2, 0.25) is 0 Å². The van der Waals surface area contributed by atoms with Gasteiger partial charge in [0.05, 0.1) is 5.41 Å². The monoisotopic (exact) mass is 222 g/mol. The summed E-state index contributed by atoms with van der Waals surface area (Å²) < 4.78 is 0. The summed E-state index contributed by atoms with van der Waals surface area (Å²) in [6.07, 6.45) is 2.77. The SMILES string of the molecule is C=C1CC2(CCN(C(C)(C)C)CC2)C(=O)N1. The van der Waals surface area contributed by atoms with Crippen LogP contribution in [0.3, 0.4) is 0 Å². The number of amides is 1. The molecule has 2 rings (SSSR count). The fourth-order valence-electron chi connectivity index (χ4n) is 2.84. The van der Waals surface area contributed by atoms with Crippen molar-refractivity contribution in [1.29, 1.82) is 0 Å². The lowest BCUT2D eigenvalue weighted by Gasteiger charge is -2.43. The minimum Gasteiger partial charge on any atom is -0.330 e. The standard InChI is InChI=1S/C13H22N2O/c1-10-9-13(11(16)14-10)5-7-15(8-6-13)12(2,3)4/h1,5-9H2,2-4H3,(H,14,16). The lowest BCUT2D eigenvalue weighted by molar-refractivity contribution is -0.130. The number of hydrogen-bond donors (Lipinski definition) is 1. The number of piperidine rings is 1. The zero-order chi connectivity index (χ0) is 12.0. The van der Waals surface area contributed by atoms with Crippen molar-refractivity contribution in [2.24, 2.45) is 5.41 Å². The molecule has 0 atom stereocenters. The van der Waals surface area contributed by atoms with Gasteiger partial charge in [-0.25, -0.2) is 0 Å².